The molecule has 0 saturated carbocycles. The Bertz CT molecular complexity index is 1210. The van der Waals surface area contributed by atoms with Crippen molar-refractivity contribution < 1.29 is 22.4 Å². The first-order chi connectivity index (χ1) is 16.4. The Morgan fingerprint density at radius 3 is 2.56 bits per heavy atom. The molecule has 4 heterocycles. The minimum absolute atomic E-state index is 0.00373. The Kier molecular flexibility index (Phi) is 7.10. The third-order valence-electron chi connectivity index (χ3n) is 5.42. The fourth-order valence-electron chi connectivity index (χ4n) is 3.54. The molecule has 182 valence electrons. The quantitative estimate of drug-likeness (QED) is 0.448. The van der Waals surface area contributed by atoms with Gasteiger partial charge < -0.3 is 24.2 Å². The average molecular weight is 490 g/mol. The first kappa shape index (κ1) is 23.7. The molecule has 0 aliphatic carbocycles. The predicted molar refractivity (Wildman–Crippen MR) is 124 cm³/mol. The summed E-state index contributed by atoms with van der Waals surface area (Å²) in [5, 5.41) is 7.16. The number of aryl methyl sites for hydroxylation is 1. The Hall–Kier alpha value is -3.48. The van der Waals surface area contributed by atoms with E-state index in [1.807, 2.05) is 13.8 Å². The zero-order valence-corrected chi connectivity index (χ0v) is 20.3. The first-order valence-electron chi connectivity index (χ1n) is 10.9. The molecule has 1 aliphatic rings. The topological polar surface area (TPSA) is 145 Å². The van der Waals surface area contributed by atoms with E-state index >= 15 is 0 Å². The highest BCUT2D eigenvalue weighted by Crippen LogP contribution is 2.35. The molecule has 3 aromatic heterocycles. The standard InChI is InChI=1S/C21H27N7O5S/c1-12(2)18-26-21(33-27-18)28-9-7-14(8-10-28)32-20-17(31-4)19(22-11-23-20)25-15-5-6-16(34(29)30)24-13(15)3/h5-6,11-12,14,34H,7-10H2,1-4H3,(H,22,23,25). The van der Waals surface area contributed by atoms with Gasteiger partial charge in [-0.2, -0.15) is 9.97 Å². The molecule has 0 atom stereocenters. The summed E-state index contributed by atoms with van der Waals surface area (Å²) >= 11 is 0. The summed E-state index contributed by atoms with van der Waals surface area (Å²) in [5.41, 5.74) is 1.10. The molecule has 0 aromatic carbocycles. The molecule has 3 aromatic rings. The van der Waals surface area contributed by atoms with Gasteiger partial charge in [-0.1, -0.05) is 19.0 Å². The second-order valence-corrected chi connectivity index (χ2v) is 9.11. The smallest absolute Gasteiger partial charge is 0.324 e. The number of aromatic nitrogens is 5. The zero-order valence-electron chi connectivity index (χ0n) is 19.4. The lowest BCUT2D eigenvalue weighted by Gasteiger charge is -2.30. The van der Waals surface area contributed by atoms with Crippen LogP contribution in [-0.4, -0.2) is 59.8 Å². The fourth-order valence-corrected chi connectivity index (χ4v) is 3.96. The van der Waals surface area contributed by atoms with E-state index in [9.17, 15) is 8.42 Å². The van der Waals surface area contributed by atoms with Gasteiger partial charge in [0.05, 0.1) is 18.5 Å². The molecule has 13 heteroatoms. The fraction of sp³-hybridized carbons (Fsp3) is 0.476. The van der Waals surface area contributed by atoms with Crippen molar-refractivity contribution >= 4 is 28.2 Å². The summed E-state index contributed by atoms with van der Waals surface area (Å²) in [7, 11) is -1.24. The van der Waals surface area contributed by atoms with Gasteiger partial charge in [-0.3, -0.25) is 0 Å². The van der Waals surface area contributed by atoms with Crippen LogP contribution in [0.25, 0.3) is 0 Å². The predicted octanol–water partition coefficient (Wildman–Crippen LogP) is 2.46. The van der Waals surface area contributed by atoms with Crippen molar-refractivity contribution in [3.8, 4) is 11.6 Å². The number of thiol groups is 1. The monoisotopic (exact) mass is 489 g/mol. The Labute approximate surface area is 198 Å². The summed E-state index contributed by atoms with van der Waals surface area (Å²) in [6.45, 7) is 7.17. The SMILES string of the molecule is COc1c(Nc2ccc([SH](=O)=O)nc2C)ncnc1OC1CCN(c2nc(C(C)C)no2)CC1. The third kappa shape index (κ3) is 5.19. The number of methoxy groups -OCH3 is 1. The number of rotatable bonds is 8. The van der Waals surface area contributed by atoms with Crippen LogP contribution in [0.3, 0.4) is 0 Å². The van der Waals surface area contributed by atoms with Crippen LogP contribution in [0.5, 0.6) is 11.6 Å². The van der Waals surface area contributed by atoms with E-state index in [0.717, 1.165) is 12.8 Å². The van der Waals surface area contributed by atoms with Crippen LogP contribution in [0.1, 0.15) is 44.1 Å². The largest absolute Gasteiger partial charge is 0.489 e. The second kappa shape index (κ2) is 10.2. The number of hydrogen-bond acceptors (Lipinski definition) is 12. The average Bonchev–Trinajstić information content (AvgIpc) is 3.32. The molecule has 0 radical (unpaired) electrons. The van der Waals surface area contributed by atoms with Crippen molar-refractivity contribution in [1.29, 1.82) is 0 Å². The number of nitrogens with zero attached hydrogens (tertiary/aromatic N) is 6. The van der Waals surface area contributed by atoms with Crippen LogP contribution in [0.4, 0.5) is 17.5 Å². The van der Waals surface area contributed by atoms with Crippen molar-refractivity contribution in [2.45, 2.75) is 50.7 Å². The van der Waals surface area contributed by atoms with Gasteiger partial charge in [-0.25, -0.2) is 18.4 Å². The van der Waals surface area contributed by atoms with Crippen LogP contribution in [0.15, 0.2) is 28.0 Å². The molecule has 34 heavy (non-hydrogen) atoms. The Morgan fingerprint density at radius 1 is 1.18 bits per heavy atom. The lowest BCUT2D eigenvalue weighted by atomic mass is 10.1. The molecule has 1 aliphatic heterocycles. The minimum atomic E-state index is -2.75. The van der Waals surface area contributed by atoms with E-state index in [1.54, 1.807) is 13.0 Å². The highest BCUT2D eigenvalue weighted by molar-refractivity contribution is 7.72. The van der Waals surface area contributed by atoms with Crippen molar-refractivity contribution in [3.63, 3.8) is 0 Å². The van der Waals surface area contributed by atoms with E-state index in [-0.39, 0.29) is 17.0 Å². The van der Waals surface area contributed by atoms with Crippen molar-refractivity contribution in [2.75, 3.05) is 30.4 Å². The first-order valence-corrected chi connectivity index (χ1v) is 12.1. The van der Waals surface area contributed by atoms with Crippen LogP contribution in [-0.2, 0) is 10.7 Å². The zero-order chi connectivity index (χ0) is 24.2. The van der Waals surface area contributed by atoms with Crippen LogP contribution in [0.2, 0.25) is 0 Å². The Balaban J connectivity index is 1.44. The molecule has 0 bridgehead atoms. The lowest BCUT2D eigenvalue weighted by Crippen LogP contribution is -2.38. The van der Waals surface area contributed by atoms with Crippen LogP contribution < -0.4 is 19.7 Å². The van der Waals surface area contributed by atoms with Crippen molar-refractivity contribution in [1.82, 2.24) is 25.1 Å². The molecule has 0 unspecified atom stereocenters. The molecule has 12 nitrogen and oxygen atoms in total. The molecule has 1 N–H and O–H groups in total. The highest BCUT2D eigenvalue weighted by atomic mass is 32.2. The van der Waals surface area contributed by atoms with Crippen LogP contribution in [0, 0.1) is 6.92 Å². The normalized spacial score (nSPS) is 14.6. The van der Waals surface area contributed by atoms with Gasteiger partial charge in [-0.15, -0.1) is 0 Å². The molecule has 0 amide bonds. The maximum Gasteiger partial charge on any atom is 0.324 e. The van der Waals surface area contributed by atoms with Crippen molar-refractivity contribution in [3.05, 3.63) is 30.0 Å². The summed E-state index contributed by atoms with van der Waals surface area (Å²) in [5.74, 6) is 1.97. The van der Waals surface area contributed by atoms with E-state index in [0.29, 0.717) is 53.8 Å². The van der Waals surface area contributed by atoms with E-state index in [2.05, 4.69) is 35.3 Å². The molecule has 1 saturated heterocycles. The number of nitrogens with one attached hydrogen (secondary N) is 1. The van der Waals surface area contributed by atoms with Gasteiger partial charge in [-0.05, 0) is 19.1 Å². The van der Waals surface area contributed by atoms with E-state index < -0.39 is 10.7 Å². The van der Waals surface area contributed by atoms with Gasteiger partial charge in [0.1, 0.15) is 12.4 Å². The molecule has 1 fully saturated rings. The number of anilines is 3. The van der Waals surface area contributed by atoms with E-state index in [4.69, 9.17) is 14.0 Å². The minimum Gasteiger partial charge on any atom is -0.489 e. The molecular weight excluding hydrogens is 462 g/mol. The Morgan fingerprint density at radius 2 is 1.94 bits per heavy atom. The van der Waals surface area contributed by atoms with Gasteiger partial charge in [0.25, 0.3) is 5.88 Å². The molecule has 4 rings (SSSR count). The summed E-state index contributed by atoms with van der Waals surface area (Å²) in [6.07, 6.45) is 2.80. The maximum atomic E-state index is 11.2. The number of pyridine rings is 1. The molecule has 0 spiro atoms. The molecular formula is C21H27N7O5S. The van der Waals surface area contributed by atoms with E-state index in [1.165, 1.54) is 19.5 Å². The van der Waals surface area contributed by atoms with Crippen LogP contribution >= 0.6 is 0 Å². The van der Waals surface area contributed by atoms with Gasteiger partial charge >= 0.3 is 6.01 Å². The second-order valence-electron chi connectivity index (χ2n) is 8.14. The summed E-state index contributed by atoms with van der Waals surface area (Å²) < 4.78 is 39.4. The van der Waals surface area contributed by atoms with Gasteiger partial charge in [0, 0.05) is 31.8 Å². The number of piperidine rings is 1. The number of ether oxygens (including phenoxy) is 2. The third-order valence-corrected chi connectivity index (χ3v) is 6.05. The van der Waals surface area contributed by atoms with Gasteiger partial charge in [0.2, 0.25) is 5.75 Å². The van der Waals surface area contributed by atoms with Crippen molar-refractivity contribution in [2.24, 2.45) is 0 Å². The van der Waals surface area contributed by atoms with Gasteiger partial charge in [0.15, 0.2) is 27.4 Å². The lowest BCUT2D eigenvalue weighted by molar-refractivity contribution is 0.155. The highest BCUT2D eigenvalue weighted by Gasteiger charge is 2.26. The summed E-state index contributed by atoms with van der Waals surface area (Å²) in [6, 6.07) is 3.58. The number of hydrogen-bond donors (Lipinski definition) is 2. The maximum absolute atomic E-state index is 11.2. The summed E-state index contributed by atoms with van der Waals surface area (Å²) in [4.78, 5) is 19.1.